The number of aliphatic hydroxyl groups is 1. The molecule has 1 aliphatic carbocycles. The van der Waals surface area contributed by atoms with Gasteiger partial charge in [-0.15, -0.1) is 13.2 Å². The number of amides is 1. The number of hydrogen-bond donors (Lipinski definition) is 2. The summed E-state index contributed by atoms with van der Waals surface area (Å²) in [5.41, 5.74) is 0.919. The highest BCUT2D eigenvalue weighted by Crippen LogP contribution is 2.40. The topological polar surface area (TPSA) is 107 Å². The SMILES string of the molecule is C=C(CCc1nc(C2CC(OC(F)(F)F)C2)no1)NC(=O)[C@@H]1C[C@H](O)c2cc(Cl)ccc2O1. The van der Waals surface area contributed by atoms with Gasteiger partial charge in [0.25, 0.3) is 5.91 Å². The van der Waals surface area contributed by atoms with Gasteiger partial charge in [0.05, 0.1) is 12.2 Å². The summed E-state index contributed by atoms with van der Waals surface area (Å²) < 4.78 is 51.4. The van der Waals surface area contributed by atoms with Crippen LogP contribution in [0.4, 0.5) is 13.2 Å². The third kappa shape index (κ3) is 5.84. The van der Waals surface area contributed by atoms with Crippen molar-refractivity contribution in [3.63, 3.8) is 0 Å². The number of aliphatic hydroxyl groups excluding tert-OH is 1. The highest BCUT2D eigenvalue weighted by Gasteiger charge is 2.42. The first-order valence-corrected chi connectivity index (χ1v) is 10.6. The minimum atomic E-state index is -4.65. The molecule has 1 fully saturated rings. The smallest absolute Gasteiger partial charge is 0.480 e. The maximum Gasteiger partial charge on any atom is 0.522 e. The van der Waals surface area contributed by atoms with E-state index in [-0.39, 0.29) is 37.5 Å². The van der Waals surface area contributed by atoms with E-state index in [0.717, 1.165) is 0 Å². The summed E-state index contributed by atoms with van der Waals surface area (Å²) in [6, 6.07) is 4.81. The summed E-state index contributed by atoms with van der Waals surface area (Å²) in [7, 11) is 0. The van der Waals surface area contributed by atoms with Crippen LogP contribution in [0.15, 0.2) is 35.0 Å². The van der Waals surface area contributed by atoms with E-state index in [2.05, 4.69) is 26.8 Å². The predicted octanol–water partition coefficient (Wildman–Crippen LogP) is 3.95. The standard InChI is InChI=1S/C21H21ClF3N3O5/c1-10(26-20(30)17-9-15(29)14-8-12(22)3-4-16(14)31-17)2-5-18-27-19(28-33-18)11-6-13(7-11)32-21(23,24)25/h3-4,8,11,13,15,17,29H,1-2,5-7,9H2,(H,26,30)/t11?,13?,15-,17-/m0/s1. The quantitative estimate of drug-likeness (QED) is 0.609. The number of fused-ring (bicyclic) bond motifs is 1. The lowest BCUT2D eigenvalue weighted by molar-refractivity contribution is -0.352. The Morgan fingerprint density at radius 1 is 1.33 bits per heavy atom. The van der Waals surface area contributed by atoms with E-state index >= 15 is 0 Å². The summed E-state index contributed by atoms with van der Waals surface area (Å²) in [6.45, 7) is 3.81. The molecule has 12 heteroatoms. The first-order valence-electron chi connectivity index (χ1n) is 10.3. The van der Waals surface area contributed by atoms with Crippen molar-refractivity contribution in [3.05, 3.63) is 52.8 Å². The van der Waals surface area contributed by atoms with Crippen molar-refractivity contribution in [1.82, 2.24) is 15.5 Å². The van der Waals surface area contributed by atoms with Gasteiger partial charge in [0, 0.05) is 35.0 Å². The van der Waals surface area contributed by atoms with Crippen molar-refractivity contribution in [2.24, 2.45) is 0 Å². The van der Waals surface area contributed by atoms with Crippen LogP contribution in [0.5, 0.6) is 5.75 Å². The van der Waals surface area contributed by atoms with E-state index in [0.29, 0.717) is 34.3 Å². The molecule has 1 aromatic carbocycles. The maximum absolute atomic E-state index is 12.5. The van der Waals surface area contributed by atoms with Crippen LogP contribution >= 0.6 is 11.6 Å². The molecule has 2 N–H and O–H groups in total. The molecular weight excluding hydrogens is 467 g/mol. The second-order valence-corrected chi connectivity index (χ2v) is 8.47. The average Bonchev–Trinajstić information content (AvgIpc) is 3.17. The van der Waals surface area contributed by atoms with E-state index in [1.807, 2.05) is 0 Å². The highest BCUT2D eigenvalue weighted by atomic mass is 35.5. The molecule has 0 unspecified atom stereocenters. The highest BCUT2D eigenvalue weighted by molar-refractivity contribution is 6.30. The molecule has 1 amide bonds. The van der Waals surface area contributed by atoms with Crippen LogP contribution in [-0.2, 0) is 16.0 Å². The molecule has 2 aromatic rings. The minimum Gasteiger partial charge on any atom is -0.480 e. The van der Waals surface area contributed by atoms with Gasteiger partial charge < -0.3 is 19.7 Å². The fraction of sp³-hybridized carbons (Fsp3) is 0.476. The molecule has 0 bridgehead atoms. The summed E-state index contributed by atoms with van der Waals surface area (Å²) in [4.78, 5) is 16.7. The summed E-state index contributed by atoms with van der Waals surface area (Å²) >= 11 is 5.93. The Morgan fingerprint density at radius 3 is 2.82 bits per heavy atom. The zero-order chi connectivity index (χ0) is 23.8. The molecule has 0 saturated heterocycles. The Hall–Kier alpha value is -2.63. The molecule has 2 heterocycles. The number of allylic oxidation sites excluding steroid dienone is 1. The Morgan fingerprint density at radius 2 is 2.09 bits per heavy atom. The van der Waals surface area contributed by atoms with Crippen LogP contribution in [0.25, 0.3) is 0 Å². The number of hydrogen-bond acceptors (Lipinski definition) is 7. The van der Waals surface area contributed by atoms with Gasteiger partial charge in [0.15, 0.2) is 11.9 Å². The summed E-state index contributed by atoms with van der Waals surface area (Å²) in [5.74, 6) is 0.323. The molecule has 0 spiro atoms. The second-order valence-electron chi connectivity index (χ2n) is 8.03. The number of nitrogens with zero attached hydrogens (tertiary/aromatic N) is 2. The lowest BCUT2D eigenvalue weighted by Crippen LogP contribution is -2.41. The number of nitrogens with one attached hydrogen (secondary N) is 1. The van der Waals surface area contributed by atoms with Gasteiger partial charge >= 0.3 is 6.36 Å². The molecule has 2 atom stereocenters. The first kappa shape index (κ1) is 23.5. The van der Waals surface area contributed by atoms with Crippen molar-refractivity contribution in [3.8, 4) is 5.75 Å². The number of ether oxygens (including phenoxy) is 2. The van der Waals surface area contributed by atoms with Crippen LogP contribution in [0.2, 0.25) is 5.02 Å². The molecule has 8 nitrogen and oxygen atoms in total. The number of carbonyl (C=O) groups excluding carboxylic acids is 1. The zero-order valence-electron chi connectivity index (χ0n) is 17.3. The third-order valence-electron chi connectivity index (χ3n) is 5.51. The van der Waals surface area contributed by atoms with Gasteiger partial charge in [-0.3, -0.25) is 9.53 Å². The molecule has 0 radical (unpaired) electrons. The van der Waals surface area contributed by atoms with Gasteiger partial charge in [-0.1, -0.05) is 23.3 Å². The predicted molar refractivity (Wildman–Crippen MR) is 108 cm³/mol. The van der Waals surface area contributed by atoms with Crippen LogP contribution in [0.1, 0.15) is 55.0 Å². The van der Waals surface area contributed by atoms with Crippen LogP contribution in [0, 0.1) is 0 Å². The molecule has 1 aliphatic heterocycles. The van der Waals surface area contributed by atoms with Crippen molar-refractivity contribution in [2.75, 3.05) is 0 Å². The van der Waals surface area contributed by atoms with Crippen molar-refractivity contribution >= 4 is 17.5 Å². The number of aryl methyl sites for hydroxylation is 1. The molecular formula is C21H21ClF3N3O5. The van der Waals surface area contributed by atoms with Gasteiger partial charge in [0.2, 0.25) is 5.89 Å². The Labute approximate surface area is 191 Å². The number of alkyl halides is 3. The lowest BCUT2D eigenvalue weighted by Gasteiger charge is -2.33. The average molecular weight is 488 g/mol. The van der Waals surface area contributed by atoms with Gasteiger partial charge in [0.1, 0.15) is 5.75 Å². The Bertz CT molecular complexity index is 1040. The Balaban J connectivity index is 1.23. The molecule has 33 heavy (non-hydrogen) atoms. The third-order valence-corrected chi connectivity index (χ3v) is 5.75. The van der Waals surface area contributed by atoms with E-state index in [1.165, 1.54) is 0 Å². The largest absolute Gasteiger partial charge is 0.522 e. The van der Waals surface area contributed by atoms with Crippen molar-refractivity contribution in [1.29, 1.82) is 0 Å². The van der Waals surface area contributed by atoms with Crippen LogP contribution in [-0.4, -0.2) is 39.7 Å². The maximum atomic E-state index is 12.5. The number of halogens is 4. The van der Waals surface area contributed by atoms with Crippen molar-refractivity contribution < 1.29 is 37.1 Å². The molecule has 1 saturated carbocycles. The fourth-order valence-corrected chi connectivity index (χ4v) is 3.93. The van der Waals surface area contributed by atoms with Gasteiger partial charge in [-0.05, 0) is 37.5 Å². The summed E-state index contributed by atoms with van der Waals surface area (Å²) in [5, 5.41) is 17.2. The van der Waals surface area contributed by atoms with E-state index in [4.69, 9.17) is 20.9 Å². The van der Waals surface area contributed by atoms with E-state index in [1.54, 1.807) is 18.2 Å². The number of aromatic nitrogens is 2. The first-order chi connectivity index (χ1) is 15.6. The number of rotatable bonds is 7. The molecule has 178 valence electrons. The van der Waals surface area contributed by atoms with Crippen molar-refractivity contribution in [2.45, 2.75) is 62.7 Å². The monoisotopic (exact) mass is 487 g/mol. The van der Waals surface area contributed by atoms with Gasteiger partial charge in [-0.2, -0.15) is 4.98 Å². The molecule has 1 aromatic heterocycles. The van der Waals surface area contributed by atoms with Gasteiger partial charge in [-0.25, -0.2) is 0 Å². The van der Waals surface area contributed by atoms with E-state index < -0.39 is 30.6 Å². The Kier molecular flexibility index (Phi) is 6.64. The minimum absolute atomic E-state index is 0.0694. The fourth-order valence-electron chi connectivity index (χ4n) is 3.75. The van der Waals surface area contributed by atoms with Crippen LogP contribution in [0.3, 0.4) is 0 Å². The van der Waals surface area contributed by atoms with E-state index in [9.17, 15) is 23.1 Å². The van der Waals surface area contributed by atoms with Crippen LogP contribution < -0.4 is 10.1 Å². The lowest BCUT2D eigenvalue weighted by atomic mass is 9.82. The molecule has 2 aliphatic rings. The molecule has 4 rings (SSSR count). The second kappa shape index (κ2) is 9.32. The zero-order valence-corrected chi connectivity index (χ0v) is 18.0. The number of benzene rings is 1. The normalized spacial score (nSPS) is 24.4. The summed E-state index contributed by atoms with van der Waals surface area (Å²) in [6.07, 6.45) is -6.33. The number of carbonyl (C=O) groups is 1.